The minimum atomic E-state index is -0.740. The van der Waals surface area contributed by atoms with Crippen LogP contribution in [0.15, 0.2) is 48.6 Å². The van der Waals surface area contributed by atoms with Crippen molar-refractivity contribution in [1.29, 1.82) is 0 Å². The van der Waals surface area contributed by atoms with E-state index in [9.17, 15) is 9.90 Å². The second-order valence-electron chi connectivity index (χ2n) is 4.48. The monoisotopic (exact) mass is 212 g/mol. The predicted octanol–water partition coefficient (Wildman–Crippen LogP) is 2.73. The van der Waals surface area contributed by atoms with Crippen LogP contribution < -0.4 is 0 Å². The number of carboxylic acids is 1. The molecule has 0 spiro atoms. The van der Waals surface area contributed by atoms with Gasteiger partial charge in [0, 0.05) is 5.92 Å². The number of rotatable bonds is 2. The summed E-state index contributed by atoms with van der Waals surface area (Å²) in [6.07, 6.45) is 6.45. The quantitative estimate of drug-likeness (QED) is 0.765. The first-order chi connectivity index (χ1) is 7.71. The summed E-state index contributed by atoms with van der Waals surface area (Å²) in [5.74, 6) is -0.462. The fourth-order valence-corrected chi connectivity index (χ4v) is 2.64. The maximum atomic E-state index is 11.3. The van der Waals surface area contributed by atoms with Crippen molar-refractivity contribution in [1.82, 2.24) is 0 Å². The highest BCUT2D eigenvalue weighted by molar-refractivity contribution is 5.89. The second-order valence-corrected chi connectivity index (χ2v) is 4.48. The Labute approximate surface area is 93.9 Å². The van der Waals surface area contributed by atoms with Crippen molar-refractivity contribution in [2.45, 2.75) is 6.42 Å². The van der Waals surface area contributed by atoms with Crippen LogP contribution >= 0.6 is 0 Å². The number of carbonyl (C=O) groups is 1. The van der Waals surface area contributed by atoms with E-state index in [1.54, 1.807) is 0 Å². The minimum Gasteiger partial charge on any atom is -0.480 e. The summed E-state index contributed by atoms with van der Waals surface area (Å²) in [6.45, 7) is 0. The summed E-state index contributed by atoms with van der Waals surface area (Å²) in [5.41, 5.74) is 1.56. The first-order valence-electron chi connectivity index (χ1n) is 5.42. The molecule has 0 fully saturated rings. The van der Waals surface area contributed by atoms with Gasteiger partial charge in [-0.15, -0.1) is 0 Å². The van der Waals surface area contributed by atoms with Crippen LogP contribution in [-0.2, 0) is 4.79 Å². The van der Waals surface area contributed by atoms with Crippen LogP contribution in [0.3, 0.4) is 0 Å². The molecule has 0 heterocycles. The van der Waals surface area contributed by atoms with Gasteiger partial charge in [0.2, 0.25) is 0 Å². The van der Waals surface area contributed by atoms with Crippen LogP contribution in [-0.4, -0.2) is 11.1 Å². The molecule has 16 heavy (non-hydrogen) atoms. The minimum absolute atomic E-state index is 0.276. The molecule has 2 atom stereocenters. The molecule has 2 nitrogen and oxygen atoms in total. The van der Waals surface area contributed by atoms with Crippen molar-refractivity contribution in [3.63, 3.8) is 0 Å². The van der Waals surface area contributed by atoms with Crippen molar-refractivity contribution in [3.05, 3.63) is 54.1 Å². The number of carboxylic acid groups (broad SMARTS) is 1. The van der Waals surface area contributed by atoms with Gasteiger partial charge < -0.3 is 5.11 Å². The molecule has 0 radical (unpaired) electrons. The average molecular weight is 212 g/mol. The normalized spacial score (nSPS) is 30.5. The highest BCUT2D eigenvalue weighted by Gasteiger charge is 2.46. The standard InChI is InChI=1S/C14H12O2/c15-13(16)14-7-6-11(8-14)12(9-14)10-4-2-1-3-5-10/h1-7,9,11H,8H2,(H,15,16). The summed E-state index contributed by atoms with van der Waals surface area (Å²) in [5, 5.41) is 9.26. The molecular weight excluding hydrogens is 200 g/mol. The van der Waals surface area contributed by atoms with Gasteiger partial charge in [-0.3, -0.25) is 4.79 Å². The Balaban J connectivity index is 2.05. The van der Waals surface area contributed by atoms with Crippen LogP contribution in [0.4, 0.5) is 0 Å². The fourth-order valence-electron chi connectivity index (χ4n) is 2.64. The van der Waals surface area contributed by atoms with Gasteiger partial charge in [0.15, 0.2) is 0 Å². The Kier molecular flexibility index (Phi) is 1.81. The number of hydrogen-bond acceptors (Lipinski definition) is 1. The maximum absolute atomic E-state index is 11.3. The molecule has 2 heteroatoms. The fraction of sp³-hybridized carbons (Fsp3) is 0.214. The zero-order valence-corrected chi connectivity index (χ0v) is 8.76. The average Bonchev–Trinajstić information content (AvgIpc) is 2.89. The Morgan fingerprint density at radius 2 is 2.06 bits per heavy atom. The first-order valence-corrected chi connectivity index (χ1v) is 5.42. The van der Waals surface area contributed by atoms with Crippen molar-refractivity contribution in [3.8, 4) is 0 Å². The summed E-state index contributed by atoms with van der Waals surface area (Å²) < 4.78 is 0. The van der Waals surface area contributed by atoms with Crippen molar-refractivity contribution in [2.75, 3.05) is 0 Å². The lowest BCUT2D eigenvalue weighted by Crippen LogP contribution is -2.22. The maximum Gasteiger partial charge on any atom is 0.317 e. The molecular formula is C14H12O2. The third kappa shape index (κ3) is 1.16. The van der Waals surface area contributed by atoms with Crippen molar-refractivity contribution in [2.24, 2.45) is 11.3 Å². The van der Waals surface area contributed by atoms with Crippen LogP contribution in [0.25, 0.3) is 5.57 Å². The van der Waals surface area contributed by atoms with Gasteiger partial charge in [0.05, 0.1) is 0 Å². The van der Waals surface area contributed by atoms with Crippen LogP contribution in [0.5, 0.6) is 0 Å². The van der Waals surface area contributed by atoms with Crippen LogP contribution in [0.2, 0.25) is 0 Å². The van der Waals surface area contributed by atoms with Gasteiger partial charge in [0.25, 0.3) is 0 Å². The van der Waals surface area contributed by atoms with Crippen LogP contribution in [0, 0.1) is 11.3 Å². The molecule has 1 aromatic carbocycles. The first kappa shape index (κ1) is 9.40. The Hall–Kier alpha value is -1.83. The van der Waals surface area contributed by atoms with Crippen molar-refractivity contribution >= 4 is 11.5 Å². The molecule has 3 rings (SSSR count). The van der Waals surface area contributed by atoms with E-state index in [1.807, 2.05) is 48.6 Å². The lowest BCUT2D eigenvalue weighted by molar-refractivity contribution is -0.143. The number of benzene rings is 1. The second kappa shape index (κ2) is 3.08. The summed E-state index contributed by atoms with van der Waals surface area (Å²) >= 11 is 0. The topological polar surface area (TPSA) is 37.3 Å². The Morgan fingerprint density at radius 1 is 1.31 bits per heavy atom. The van der Waals surface area contributed by atoms with Crippen LogP contribution in [0.1, 0.15) is 12.0 Å². The largest absolute Gasteiger partial charge is 0.480 e. The van der Waals surface area contributed by atoms with Gasteiger partial charge >= 0.3 is 5.97 Å². The van der Waals surface area contributed by atoms with E-state index in [2.05, 4.69) is 0 Å². The lowest BCUT2D eigenvalue weighted by Gasteiger charge is -2.14. The summed E-state index contributed by atoms with van der Waals surface area (Å²) in [4.78, 5) is 11.3. The van der Waals surface area contributed by atoms with Crippen molar-refractivity contribution < 1.29 is 9.90 Å². The molecule has 0 saturated heterocycles. The van der Waals surface area contributed by atoms with E-state index >= 15 is 0 Å². The molecule has 2 bridgehead atoms. The SMILES string of the molecule is O=C(O)C12C=CC(C1)C(c1ccccc1)=C2. The molecule has 0 amide bonds. The molecule has 2 aliphatic carbocycles. The molecule has 2 aliphatic rings. The summed E-state index contributed by atoms with van der Waals surface area (Å²) in [6, 6.07) is 10.0. The van der Waals surface area contributed by atoms with E-state index in [0.29, 0.717) is 6.42 Å². The molecule has 1 N–H and O–H groups in total. The van der Waals surface area contributed by atoms with Gasteiger partial charge in [0.1, 0.15) is 5.41 Å². The van der Waals surface area contributed by atoms with E-state index < -0.39 is 11.4 Å². The molecule has 1 aromatic rings. The van der Waals surface area contributed by atoms with Gasteiger partial charge in [-0.1, -0.05) is 48.6 Å². The Morgan fingerprint density at radius 3 is 2.69 bits per heavy atom. The number of allylic oxidation sites excluding steroid dienone is 2. The number of aliphatic carboxylic acids is 1. The highest BCUT2D eigenvalue weighted by atomic mass is 16.4. The van der Waals surface area contributed by atoms with E-state index in [-0.39, 0.29) is 5.92 Å². The predicted molar refractivity (Wildman–Crippen MR) is 61.7 cm³/mol. The molecule has 80 valence electrons. The van der Waals surface area contributed by atoms with E-state index in [0.717, 1.165) is 11.1 Å². The third-order valence-electron chi connectivity index (χ3n) is 3.50. The number of fused-ring (bicyclic) bond motifs is 2. The van der Waals surface area contributed by atoms with E-state index in [4.69, 9.17) is 0 Å². The lowest BCUT2D eigenvalue weighted by atomic mass is 9.90. The Bertz CT molecular complexity index is 499. The van der Waals surface area contributed by atoms with Gasteiger partial charge in [-0.05, 0) is 17.6 Å². The molecule has 0 aromatic heterocycles. The highest BCUT2D eigenvalue weighted by Crippen LogP contribution is 2.51. The molecule has 2 unspecified atom stereocenters. The summed E-state index contributed by atoms with van der Waals surface area (Å²) in [7, 11) is 0. The van der Waals surface area contributed by atoms with Gasteiger partial charge in [-0.2, -0.15) is 0 Å². The zero-order valence-electron chi connectivity index (χ0n) is 8.76. The third-order valence-corrected chi connectivity index (χ3v) is 3.50. The molecule has 0 aliphatic heterocycles. The van der Waals surface area contributed by atoms with E-state index in [1.165, 1.54) is 0 Å². The zero-order chi connectivity index (χ0) is 11.2. The van der Waals surface area contributed by atoms with Gasteiger partial charge in [-0.25, -0.2) is 0 Å². The smallest absolute Gasteiger partial charge is 0.317 e. The molecule has 0 saturated carbocycles. The number of hydrogen-bond donors (Lipinski definition) is 1.